The summed E-state index contributed by atoms with van der Waals surface area (Å²) in [6, 6.07) is 2.25. The van der Waals surface area contributed by atoms with Gasteiger partial charge in [-0.25, -0.2) is 0 Å². The number of thioether (sulfide) groups is 1. The van der Waals surface area contributed by atoms with Crippen LogP contribution >= 0.6 is 11.8 Å². The first kappa shape index (κ1) is 12.1. The van der Waals surface area contributed by atoms with Crippen LogP contribution in [0.5, 0.6) is 0 Å². The van der Waals surface area contributed by atoms with E-state index in [2.05, 4.69) is 18.9 Å². The summed E-state index contributed by atoms with van der Waals surface area (Å²) < 4.78 is 1.91. The van der Waals surface area contributed by atoms with Gasteiger partial charge in [-0.2, -0.15) is 5.10 Å². The number of carboxylic acids is 1. The van der Waals surface area contributed by atoms with Crippen LogP contribution in [0.25, 0.3) is 0 Å². The van der Waals surface area contributed by atoms with Crippen molar-refractivity contribution in [2.24, 2.45) is 0 Å². The summed E-state index contributed by atoms with van der Waals surface area (Å²) in [6.07, 6.45) is 0.988. The predicted molar refractivity (Wildman–Crippen MR) is 60.3 cm³/mol. The number of aromatic nitrogens is 2. The van der Waals surface area contributed by atoms with Crippen molar-refractivity contribution in [3.63, 3.8) is 0 Å². The van der Waals surface area contributed by atoms with E-state index in [4.69, 9.17) is 5.11 Å². The van der Waals surface area contributed by atoms with Crippen molar-refractivity contribution in [3.8, 4) is 0 Å². The third kappa shape index (κ3) is 3.27. The Morgan fingerprint density at radius 2 is 2.40 bits per heavy atom. The molecule has 1 aromatic rings. The molecule has 0 aromatic carbocycles. The van der Waals surface area contributed by atoms with Crippen molar-refractivity contribution < 1.29 is 9.90 Å². The highest BCUT2D eigenvalue weighted by Gasteiger charge is 2.12. The van der Waals surface area contributed by atoms with Crippen molar-refractivity contribution in [1.29, 1.82) is 0 Å². The molecule has 1 unspecified atom stereocenters. The quantitative estimate of drug-likeness (QED) is 0.786. The molecular formula is C10H16N2O2S. The van der Waals surface area contributed by atoms with Gasteiger partial charge < -0.3 is 5.11 Å². The number of hydrogen-bond acceptors (Lipinski definition) is 3. The minimum atomic E-state index is -0.797. The Morgan fingerprint density at radius 1 is 1.73 bits per heavy atom. The second-order valence-corrected chi connectivity index (χ2v) is 4.50. The number of nitrogens with zero attached hydrogens (tertiary/aromatic N) is 2. The van der Waals surface area contributed by atoms with Gasteiger partial charge in [-0.15, -0.1) is 0 Å². The molecule has 0 aliphatic carbocycles. The van der Waals surface area contributed by atoms with E-state index in [-0.39, 0.29) is 5.75 Å². The predicted octanol–water partition coefficient (Wildman–Crippen LogP) is 2.34. The molecule has 5 heteroatoms. The van der Waals surface area contributed by atoms with Crippen LogP contribution in [0.15, 0.2) is 11.1 Å². The van der Waals surface area contributed by atoms with Gasteiger partial charge in [-0.05, 0) is 26.3 Å². The molecule has 0 spiro atoms. The van der Waals surface area contributed by atoms with Crippen molar-refractivity contribution in [3.05, 3.63) is 11.8 Å². The largest absolute Gasteiger partial charge is 0.481 e. The minimum absolute atomic E-state index is 0.0849. The van der Waals surface area contributed by atoms with Crippen LogP contribution in [0.2, 0.25) is 0 Å². The third-order valence-corrected chi connectivity index (χ3v) is 3.17. The van der Waals surface area contributed by atoms with Crippen LogP contribution in [0, 0.1) is 6.92 Å². The average Bonchev–Trinajstić information content (AvgIpc) is 2.55. The van der Waals surface area contributed by atoms with E-state index in [1.807, 2.05) is 17.7 Å². The number of carboxylic acid groups (broad SMARTS) is 1. The van der Waals surface area contributed by atoms with Crippen LogP contribution in [0.4, 0.5) is 0 Å². The Hall–Kier alpha value is -0.970. The van der Waals surface area contributed by atoms with Gasteiger partial charge in [0, 0.05) is 0 Å². The molecular weight excluding hydrogens is 212 g/mol. The highest BCUT2D eigenvalue weighted by atomic mass is 32.2. The summed E-state index contributed by atoms with van der Waals surface area (Å²) in [7, 11) is 0. The molecule has 84 valence electrons. The molecule has 1 aromatic heterocycles. The van der Waals surface area contributed by atoms with E-state index in [1.165, 1.54) is 11.8 Å². The molecule has 0 bridgehead atoms. The fourth-order valence-electron chi connectivity index (χ4n) is 1.23. The van der Waals surface area contributed by atoms with Gasteiger partial charge in [0.05, 0.1) is 22.5 Å². The molecule has 4 nitrogen and oxygen atoms in total. The van der Waals surface area contributed by atoms with Gasteiger partial charge in [0.1, 0.15) is 0 Å². The first-order valence-electron chi connectivity index (χ1n) is 4.95. The normalized spacial score (nSPS) is 12.7. The zero-order chi connectivity index (χ0) is 11.4. The summed E-state index contributed by atoms with van der Waals surface area (Å²) in [4.78, 5) is 10.5. The summed E-state index contributed by atoms with van der Waals surface area (Å²) >= 11 is 1.32. The molecule has 1 atom stereocenters. The van der Waals surface area contributed by atoms with Crippen molar-refractivity contribution in [1.82, 2.24) is 9.78 Å². The number of carbonyl (C=O) groups is 1. The lowest BCUT2D eigenvalue weighted by atomic mass is 10.3. The summed E-state index contributed by atoms with van der Waals surface area (Å²) in [5.74, 6) is -0.712. The maximum atomic E-state index is 10.5. The highest BCUT2D eigenvalue weighted by Crippen LogP contribution is 2.23. The second kappa shape index (κ2) is 5.21. The Morgan fingerprint density at radius 3 is 2.93 bits per heavy atom. The van der Waals surface area contributed by atoms with Crippen molar-refractivity contribution >= 4 is 17.7 Å². The van der Waals surface area contributed by atoms with E-state index in [9.17, 15) is 4.79 Å². The molecule has 1 N–H and O–H groups in total. The molecule has 15 heavy (non-hydrogen) atoms. The average molecular weight is 228 g/mol. The standard InChI is InChI=1S/C10H16N2O2S/c1-4-8(3)12-9(5-7(2)11-12)15-6-10(13)14/h5,8H,4,6H2,1-3H3,(H,13,14). The number of rotatable bonds is 5. The maximum Gasteiger partial charge on any atom is 0.313 e. The zero-order valence-corrected chi connectivity index (χ0v) is 10.0. The lowest BCUT2D eigenvalue weighted by Crippen LogP contribution is -2.08. The minimum Gasteiger partial charge on any atom is -0.481 e. The highest BCUT2D eigenvalue weighted by molar-refractivity contribution is 7.99. The van der Waals surface area contributed by atoms with E-state index >= 15 is 0 Å². The number of aliphatic carboxylic acids is 1. The lowest BCUT2D eigenvalue weighted by Gasteiger charge is -2.12. The van der Waals surface area contributed by atoms with Crippen molar-refractivity contribution in [2.45, 2.75) is 38.3 Å². The number of aryl methyl sites for hydroxylation is 1. The van der Waals surface area contributed by atoms with Gasteiger partial charge in [-0.3, -0.25) is 9.48 Å². The van der Waals surface area contributed by atoms with Crippen LogP contribution in [0.3, 0.4) is 0 Å². The van der Waals surface area contributed by atoms with E-state index in [0.29, 0.717) is 6.04 Å². The Bertz CT molecular complexity index is 349. The van der Waals surface area contributed by atoms with Gasteiger partial charge in [0.15, 0.2) is 0 Å². The molecule has 0 aliphatic rings. The molecule has 0 saturated carbocycles. The molecule has 1 rings (SSSR count). The second-order valence-electron chi connectivity index (χ2n) is 3.51. The Balaban J connectivity index is 2.81. The first-order chi connectivity index (χ1) is 7.04. The summed E-state index contributed by atoms with van der Waals surface area (Å²) in [6.45, 7) is 6.09. The van der Waals surface area contributed by atoms with Gasteiger partial charge in [-0.1, -0.05) is 18.7 Å². The van der Waals surface area contributed by atoms with Gasteiger partial charge in [0.25, 0.3) is 0 Å². The zero-order valence-electron chi connectivity index (χ0n) is 9.23. The monoisotopic (exact) mass is 228 g/mol. The lowest BCUT2D eigenvalue weighted by molar-refractivity contribution is -0.133. The van der Waals surface area contributed by atoms with Gasteiger partial charge in [0.2, 0.25) is 0 Å². The van der Waals surface area contributed by atoms with Crippen LogP contribution in [-0.4, -0.2) is 26.6 Å². The smallest absolute Gasteiger partial charge is 0.313 e. The fraction of sp³-hybridized carbons (Fsp3) is 0.600. The molecule has 0 fully saturated rings. The first-order valence-corrected chi connectivity index (χ1v) is 5.94. The molecule has 0 aliphatic heterocycles. The molecule has 1 heterocycles. The Labute approximate surface area is 93.7 Å². The third-order valence-electron chi connectivity index (χ3n) is 2.18. The maximum absolute atomic E-state index is 10.5. The van der Waals surface area contributed by atoms with Crippen LogP contribution < -0.4 is 0 Å². The topological polar surface area (TPSA) is 55.1 Å². The van der Waals surface area contributed by atoms with E-state index in [0.717, 1.165) is 17.1 Å². The SMILES string of the molecule is CCC(C)n1nc(C)cc1SCC(=O)O. The van der Waals surface area contributed by atoms with Crippen LogP contribution in [0.1, 0.15) is 32.0 Å². The summed E-state index contributed by atoms with van der Waals surface area (Å²) in [5.41, 5.74) is 0.934. The fourth-order valence-corrected chi connectivity index (χ4v) is 2.10. The molecule has 0 saturated heterocycles. The molecule has 0 amide bonds. The van der Waals surface area contributed by atoms with E-state index in [1.54, 1.807) is 0 Å². The van der Waals surface area contributed by atoms with E-state index < -0.39 is 5.97 Å². The van der Waals surface area contributed by atoms with Crippen LogP contribution in [-0.2, 0) is 4.79 Å². The van der Waals surface area contributed by atoms with Crippen molar-refractivity contribution in [2.75, 3.05) is 5.75 Å². The summed E-state index contributed by atoms with van der Waals surface area (Å²) in [5, 5.41) is 13.9. The van der Waals surface area contributed by atoms with Gasteiger partial charge >= 0.3 is 5.97 Å². The number of hydrogen-bond donors (Lipinski definition) is 1. The molecule has 0 radical (unpaired) electrons. The Kier molecular flexibility index (Phi) is 4.20.